The topological polar surface area (TPSA) is 109 Å². The standard InChI is InChI=1S/C26H41N3O7/c1-25(2,3)35-20-10-8-19(9-11-20)18-21(22(30)34-7)29(23(31)32)17-14-27-12-15-28(16-13-27)24(33)36-26(4,5)6/h8-11,21H,12-18H2,1-7H3,(H,31,32). The van der Waals surface area contributed by atoms with Gasteiger partial charge in [-0.15, -0.1) is 0 Å². The smallest absolute Gasteiger partial charge is 0.410 e. The fourth-order valence-electron chi connectivity index (χ4n) is 3.84. The zero-order chi connectivity index (χ0) is 27.1. The van der Waals surface area contributed by atoms with E-state index in [-0.39, 0.29) is 24.7 Å². The van der Waals surface area contributed by atoms with Crippen molar-refractivity contribution in [3.05, 3.63) is 29.8 Å². The van der Waals surface area contributed by atoms with Crippen molar-refractivity contribution in [2.75, 3.05) is 46.4 Å². The number of benzene rings is 1. The molecule has 1 atom stereocenters. The van der Waals surface area contributed by atoms with Crippen LogP contribution in [-0.2, 0) is 20.7 Å². The van der Waals surface area contributed by atoms with Gasteiger partial charge in [0.1, 0.15) is 23.0 Å². The first-order valence-corrected chi connectivity index (χ1v) is 12.2. The molecule has 0 saturated carbocycles. The molecule has 0 aliphatic carbocycles. The highest BCUT2D eigenvalue weighted by molar-refractivity contribution is 5.81. The van der Waals surface area contributed by atoms with Crippen molar-refractivity contribution in [1.29, 1.82) is 0 Å². The minimum atomic E-state index is -1.19. The monoisotopic (exact) mass is 507 g/mol. The van der Waals surface area contributed by atoms with Crippen molar-refractivity contribution >= 4 is 18.2 Å². The lowest BCUT2D eigenvalue weighted by molar-refractivity contribution is -0.146. The summed E-state index contributed by atoms with van der Waals surface area (Å²) in [5.74, 6) is 0.0867. The van der Waals surface area contributed by atoms with E-state index in [9.17, 15) is 19.5 Å². The first kappa shape index (κ1) is 29.2. The van der Waals surface area contributed by atoms with E-state index >= 15 is 0 Å². The maximum Gasteiger partial charge on any atom is 0.410 e. The Labute approximate surface area is 214 Å². The summed E-state index contributed by atoms with van der Waals surface area (Å²) >= 11 is 0. The van der Waals surface area contributed by atoms with E-state index in [1.165, 1.54) is 7.11 Å². The molecule has 0 radical (unpaired) electrons. The molecule has 1 N–H and O–H groups in total. The number of nitrogens with zero attached hydrogens (tertiary/aromatic N) is 3. The molecule has 0 spiro atoms. The van der Waals surface area contributed by atoms with Crippen molar-refractivity contribution in [3.63, 3.8) is 0 Å². The van der Waals surface area contributed by atoms with E-state index in [0.717, 1.165) is 10.5 Å². The van der Waals surface area contributed by atoms with Crippen LogP contribution in [0.2, 0.25) is 0 Å². The molecular weight excluding hydrogens is 466 g/mol. The lowest BCUT2D eigenvalue weighted by Crippen LogP contribution is -2.53. The van der Waals surface area contributed by atoms with E-state index in [0.29, 0.717) is 38.5 Å². The SMILES string of the molecule is COC(=O)C(Cc1ccc(OC(C)(C)C)cc1)N(CCN1CCN(C(=O)OC(C)(C)C)CC1)C(=O)O. The van der Waals surface area contributed by atoms with Gasteiger partial charge in [-0.3, -0.25) is 9.80 Å². The average molecular weight is 508 g/mol. The zero-order valence-electron chi connectivity index (χ0n) is 22.6. The molecule has 1 fully saturated rings. The molecule has 0 bridgehead atoms. The van der Waals surface area contributed by atoms with Gasteiger partial charge in [0.05, 0.1) is 7.11 Å². The Morgan fingerprint density at radius 2 is 1.56 bits per heavy atom. The van der Waals surface area contributed by atoms with E-state index in [2.05, 4.69) is 4.90 Å². The van der Waals surface area contributed by atoms with Gasteiger partial charge >= 0.3 is 18.2 Å². The molecule has 0 aromatic heterocycles. The number of amides is 2. The molecule has 2 amide bonds. The molecule has 10 nitrogen and oxygen atoms in total. The van der Waals surface area contributed by atoms with Crippen molar-refractivity contribution in [2.45, 2.75) is 65.2 Å². The largest absolute Gasteiger partial charge is 0.488 e. The van der Waals surface area contributed by atoms with Crippen molar-refractivity contribution in [2.24, 2.45) is 0 Å². The van der Waals surface area contributed by atoms with E-state index in [4.69, 9.17) is 14.2 Å². The zero-order valence-corrected chi connectivity index (χ0v) is 22.6. The van der Waals surface area contributed by atoms with Crippen LogP contribution in [0.3, 0.4) is 0 Å². The molecule has 1 unspecified atom stereocenters. The second kappa shape index (κ2) is 12.3. The van der Waals surface area contributed by atoms with Crippen LogP contribution in [0.15, 0.2) is 24.3 Å². The molecule has 1 aliphatic heterocycles. The molecule has 2 rings (SSSR count). The fourth-order valence-corrected chi connectivity index (χ4v) is 3.84. The summed E-state index contributed by atoms with van der Waals surface area (Å²) < 4.78 is 16.2. The number of carbonyl (C=O) groups is 3. The number of hydrogen-bond acceptors (Lipinski definition) is 7. The van der Waals surface area contributed by atoms with Crippen LogP contribution in [0.4, 0.5) is 9.59 Å². The molecule has 1 aromatic carbocycles. The molecule has 202 valence electrons. The summed E-state index contributed by atoms with van der Waals surface area (Å²) in [4.78, 5) is 41.8. The summed E-state index contributed by atoms with van der Waals surface area (Å²) in [7, 11) is 1.26. The minimum absolute atomic E-state index is 0.132. The molecule has 1 aliphatic rings. The predicted molar refractivity (Wildman–Crippen MR) is 135 cm³/mol. The third-order valence-electron chi connectivity index (χ3n) is 5.55. The van der Waals surface area contributed by atoms with E-state index in [1.54, 1.807) is 4.90 Å². The Hall–Kier alpha value is -3.01. The van der Waals surface area contributed by atoms with Crippen LogP contribution in [0.1, 0.15) is 47.1 Å². The molecule has 1 saturated heterocycles. The van der Waals surface area contributed by atoms with E-state index < -0.39 is 23.7 Å². The predicted octanol–water partition coefficient (Wildman–Crippen LogP) is 3.48. The summed E-state index contributed by atoms with van der Waals surface area (Å²) in [5.41, 5.74) is -0.1000. The Kier molecular flexibility index (Phi) is 9.98. The summed E-state index contributed by atoms with van der Waals surface area (Å²) in [6.45, 7) is 14.1. The summed E-state index contributed by atoms with van der Waals surface area (Å²) in [6.07, 6.45) is -1.36. The normalized spacial score (nSPS) is 15.7. The van der Waals surface area contributed by atoms with E-state index in [1.807, 2.05) is 65.8 Å². The number of esters is 1. The van der Waals surface area contributed by atoms with Crippen LogP contribution >= 0.6 is 0 Å². The number of ether oxygens (including phenoxy) is 3. The number of hydrogen-bond donors (Lipinski definition) is 1. The fraction of sp³-hybridized carbons (Fsp3) is 0.654. The van der Waals surface area contributed by atoms with Crippen LogP contribution in [-0.4, -0.2) is 102 Å². The van der Waals surface area contributed by atoms with Gasteiger partial charge in [0.25, 0.3) is 0 Å². The highest BCUT2D eigenvalue weighted by Crippen LogP contribution is 2.20. The summed E-state index contributed by atoms with van der Waals surface area (Å²) in [5, 5.41) is 9.90. The Balaban J connectivity index is 2.00. The van der Waals surface area contributed by atoms with Gasteiger partial charge in [-0.25, -0.2) is 14.4 Å². The Bertz CT molecular complexity index is 882. The number of piperazine rings is 1. The molecule has 10 heteroatoms. The number of carboxylic acid groups (broad SMARTS) is 1. The first-order chi connectivity index (χ1) is 16.7. The molecule has 1 heterocycles. The maximum absolute atomic E-state index is 12.6. The number of rotatable bonds is 8. The van der Waals surface area contributed by atoms with Gasteiger partial charge in [-0.05, 0) is 59.2 Å². The molecule has 36 heavy (non-hydrogen) atoms. The van der Waals surface area contributed by atoms with Gasteiger partial charge in [-0.1, -0.05) is 12.1 Å². The van der Waals surface area contributed by atoms with Gasteiger partial charge in [0.2, 0.25) is 0 Å². The molecule has 1 aromatic rings. The van der Waals surface area contributed by atoms with Crippen LogP contribution < -0.4 is 4.74 Å². The summed E-state index contributed by atoms with van der Waals surface area (Å²) in [6, 6.07) is 6.29. The van der Waals surface area contributed by atoms with Gasteiger partial charge in [-0.2, -0.15) is 0 Å². The highest BCUT2D eigenvalue weighted by atomic mass is 16.6. The first-order valence-electron chi connectivity index (χ1n) is 12.2. The lowest BCUT2D eigenvalue weighted by atomic mass is 10.0. The van der Waals surface area contributed by atoms with Crippen LogP contribution in [0.5, 0.6) is 5.75 Å². The van der Waals surface area contributed by atoms with Crippen LogP contribution in [0, 0.1) is 0 Å². The molecular formula is C26H41N3O7. The van der Waals surface area contributed by atoms with Crippen LogP contribution in [0.25, 0.3) is 0 Å². The third-order valence-corrected chi connectivity index (χ3v) is 5.55. The van der Waals surface area contributed by atoms with Gasteiger partial charge in [0.15, 0.2) is 0 Å². The highest BCUT2D eigenvalue weighted by Gasteiger charge is 2.32. The lowest BCUT2D eigenvalue weighted by Gasteiger charge is -2.36. The maximum atomic E-state index is 12.6. The number of methoxy groups -OCH3 is 1. The second-order valence-electron chi connectivity index (χ2n) is 10.9. The average Bonchev–Trinajstić information content (AvgIpc) is 2.77. The second-order valence-corrected chi connectivity index (χ2v) is 10.9. The Morgan fingerprint density at radius 3 is 2.03 bits per heavy atom. The quantitative estimate of drug-likeness (QED) is 0.533. The number of carbonyl (C=O) groups excluding carboxylic acids is 2. The Morgan fingerprint density at radius 1 is 0.972 bits per heavy atom. The van der Waals surface area contributed by atoms with Crippen molar-refractivity contribution in [3.8, 4) is 5.75 Å². The van der Waals surface area contributed by atoms with Gasteiger partial charge in [0, 0.05) is 45.7 Å². The third kappa shape index (κ3) is 9.56. The van der Waals surface area contributed by atoms with Gasteiger partial charge < -0.3 is 24.2 Å². The van der Waals surface area contributed by atoms with Crippen molar-refractivity contribution < 1.29 is 33.7 Å². The minimum Gasteiger partial charge on any atom is -0.488 e. The van der Waals surface area contributed by atoms with Crippen molar-refractivity contribution in [1.82, 2.24) is 14.7 Å².